The molecule has 0 saturated heterocycles. The lowest BCUT2D eigenvalue weighted by molar-refractivity contribution is 0.444. The van der Waals surface area contributed by atoms with Gasteiger partial charge < -0.3 is 4.57 Å². The van der Waals surface area contributed by atoms with Crippen molar-refractivity contribution in [1.82, 2.24) is 14.2 Å². The molecule has 6 aromatic rings. The number of para-hydroxylation sites is 1. The summed E-state index contributed by atoms with van der Waals surface area (Å²) in [5, 5.41) is 8.92. The van der Waals surface area contributed by atoms with Crippen molar-refractivity contribution in [2.24, 2.45) is 0 Å². The van der Waals surface area contributed by atoms with Crippen LogP contribution in [0.3, 0.4) is 0 Å². The van der Waals surface area contributed by atoms with E-state index in [0.717, 1.165) is 16.7 Å². The third-order valence-electron chi connectivity index (χ3n) is 9.58. The molecule has 3 aromatic heterocycles. The van der Waals surface area contributed by atoms with Crippen LogP contribution in [0, 0.1) is 0 Å². The van der Waals surface area contributed by atoms with E-state index in [1.165, 1.54) is 103 Å². The average Bonchev–Trinajstić information content (AvgIpc) is 3.56. The van der Waals surface area contributed by atoms with E-state index in [4.69, 9.17) is 5.10 Å². The van der Waals surface area contributed by atoms with Crippen molar-refractivity contribution in [3.8, 4) is 5.69 Å². The van der Waals surface area contributed by atoms with Gasteiger partial charge >= 0.3 is 0 Å². The van der Waals surface area contributed by atoms with Gasteiger partial charge in [-0.15, -0.1) is 0 Å². The maximum atomic E-state index is 4.89. The second kappa shape index (κ2) is 9.01. The third-order valence-corrected chi connectivity index (χ3v) is 9.58. The Morgan fingerprint density at radius 1 is 0.553 bits per heavy atom. The molecule has 3 aromatic carbocycles. The van der Waals surface area contributed by atoms with E-state index in [-0.39, 0.29) is 0 Å². The zero-order valence-electron chi connectivity index (χ0n) is 22.1. The molecule has 2 aliphatic carbocycles. The zero-order chi connectivity index (χ0) is 25.1. The molecule has 0 atom stereocenters. The summed E-state index contributed by atoms with van der Waals surface area (Å²) >= 11 is 0. The summed E-state index contributed by atoms with van der Waals surface area (Å²) in [5.74, 6) is 1.41. The van der Waals surface area contributed by atoms with Crippen LogP contribution in [0.25, 0.3) is 43.9 Å². The van der Waals surface area contributed by atoms with Gasteiger partial charge in [-0.3, -0.25) is 0 Å². The SMILES string of the molecule is c1ccc2c(c1)ccc1c(-n3c4ccc(C5CCCCC5)cc4c4cc(C5CCCCC5)ccc43)cnn12. The van der Waals surface area contributed by atoms with Crippen LogP contribution in [0.1, 0.15) is 87.2 Å². The van der Waals surface area contributed by atoms with Gasteiger partial charge in [0.15, 0.2) is 0 Å². The first-order chi connectivity index (χ1) is 18.8. The highest BCUT2D eigenvalue weighted by molar-refractivity contribution is 6.10. The largest absolute Gasteiger partial charge is 0.306 e. The maximum Gasteiger partial charge on any atom is 0.0923 e. The fourth-order valence-electron chi connectivity index (χ4n) is 7.56. The second-order valence-corrected chi connectivity index (χ2v) is 11.8. The first kappa shape index (κ1) is 22.4. The number of pyridine rings is 1. The molecule has 8 rings (SSSR count). The van der Waals surface area contributed by atoms with Crippen LogP contribution >= 0.6 is 0 Å². The molecular formula is C35H35N3. The Hall–Kier alpha value is -3.59. The molecule has 190 valence electrons. The maximum absolute atomic E-state index is 4.89. The van der Waals surface area contributed by atoms with E-state index < -0.39 is 0 Å². The van der Waals surface area contributed by atoms with Crippen molar-refractivity contribution >= 4 is 38.2 Å². The van der Waals surface area contributed by atoms with Gasteiger partial charge in [0.1, 0.15) is 0 Å². The molecule has 0 spiro atoms. The van der Waals surface area contributed by atoms with E-state index in [2.05, 4.69) is 88.1 Å². The summed E-state index contributed by atoms with van der Waals surface area (Å²) in [4.78, 5) is 0. The monoisotopic (exact) mass is 497 g/mol. The number of hydrogen-bond donors (Lipinski definition) is 0. The fraction of sp³-hybridized carbons (Fsp3) is 0.343. The van der Waals surface area contributed by atoms with E-state index in [9.17, 15) is 0 Å². The molecule has 3 heterocycles. The highest BCUT2D eigenvalue weighted by Gasteiger charge is 2.22. The number of benzene rings is 3. The van der Waals surface area contributed by atoms with Crippen LogP contribution in [0.5, 0.6) is 0 Å². The van der Waals surface area contributed by atoms with Gasteiger partial charge in [-0.1, -0.05) is 74.9 Å². The Morgan fingerprint density at radius 3 is 1.76 bits per heavy atom. The highest BCUT2D eigenvalue weighted by Crippen LogP contribution is 2.41. The number of rotatable bonds is 3. The standard InChI is InChI=1S/C35H35N3/c1-3-9-24(10-4-1)27-16-18-32-29(21-27)30-22-28(25-11-5-2-6-12-25)17-19-33(30)37(32)35-23-36-38-31-14-8-7-13-26(31)15-20-34(35)38/h7-8,13-25H,1-6,9-12H2. The Labute approximate surface area is 224 Å². The Bertz CT molecular complexity index is 1720. The van der Waals surface area contributed by atoms with Crippen molar-refractivity contribution in [3.05, 3.63) is 90.1 Å². The van der Waals surface area contributed by atoms with Gasteiger partial charge in [-0.05, 0) is 85.0 Å². The van der Waals surface area contributed by atoms with Crippen molar-refractivity contribution in [2.45, 2.75) is 76.0 Å². The van der Waals surface area contributed by atoms with Crippen molar-refractivity contribution in [1.29, 1.82) is 0 Å². The minimum absolute atomic E-state index is 0.705. The first-order valence-corrected chi connectivity index (χ1v) is 14.8. The molecule has 0 unspecified atom stereocenters. The summed E-state index contributed by atoms with van der Waals surface area (Å²) in [6, 6.07) is 27.7. The van der Waals surface area contributed by atoms with Crippen LogP contribution < -0.4 is 0 Å². The van der Waals surface area contributed by atoms with Crippen LogP contribution in [0.2, 0.25) is 0 Å². The van der Waals surface area contributed by atoms with Crippen LogP contribution in [0.4, 0.5) is 0 Å². The third kappa shape index (κ3) is 3.51. The van der Waals surface area contributed by atoms with E-state index in [1.807, 2.05) is 0 Å². The van der Waals surface area contributed by atoms with E-state index in [0.29, 0.717) is 11.8 Å². The van der Waals surface area contributed by atoms with Gasteiger partial charge in [0.2, 0.25) is 0 Å². The molecule has 0 aliphatic heterocycles. The van der Waals surface area contributed by atoms with Gasteiger partial charge in [0, 0.05) is 16.2 Å². The summed E-state index contributed by atoms with van der Waals surface area (Å²) in [6.45, 7) is 0. The van der Waals surface area contributed by atoms with Gasteiger partial charge in [-0.2, -0.15) is 5.10 Å². The molecular weight excluding hydrogens is 462 g/mol. The van der Waals surface area contributed by atoms with E-state index in [1.54, 1.807) is 0 Å². The Morgan fingerprint density at radius 2 is 1.13 bits per heavy atom. The van der Waals surface area contributed by atoms with Crippen molar-refractivity contribution in [2.75, 3.05) is 0 Å². The minimum Gasteiger partial charge on any atom is -0.306 e. The smallest absolute Gasteiger partial charge is 0.0923 e. The zero-order valence-corrected chi connectivity index (χ0v) is 22.1. The molecule has 0 radical (unpaired) electrons. The van der Waals surface area contributed by atoms with Crippen molar-refractivity contribution in [3.63, 3.8) is 0 Å². The summed E-state index contributed by atoms with van der Waals surface area (Å²) in [5.41, 5.74) is 9.11. The number of fused-ring (bicyclic) bond motifs is 6. The summed E-state index contributed by atoms with van der Waals surface area (Å²) in [7, 11) is 0. The minimum atomic E-state index is 0.705. The summed E-state index contributed by atoms with van der Waals surface area (Å²) < 4.78 is 4.58. The van der Waals surface area contributed by atoms with Crippen LogP contribution in [-0.4, -0.2) is 14.2 Å². The van der Waals surface area contributed by atoms with Crippen LogP contribution in [0.15, 0.2) is 79.0 Å². The lowest BCUT2D eigenvalue weighted by Crippen LogP contribution is -2.04. The lowest BCUT2D eigenvalue weighted by Gasteiger charge is -2.22. The number of aromatic nitrogens is 3. The lowest BCUT2D eigenvalue weighted by atomic mass is 9.83. The van der Waals surface area contributed by atoms with Gasteiger partial charge in [-0.25, -0.2) is 4.52 Å². The quantitative estimate of drug-likeness (QED) is 0.238. The molecule has 2 fully saturated rings. The number of hydrogen-bond acceptors (Lipinski definition) is 1. The molecule has 3 heteroatoms. The fourth-order valence-corrected chi connectivity index (χ4v) is 7.56. The molecule has 38 heavy (non-hydrogen) atoms. The topological polar surface area (TPSA) is 22.2 Å². The Kier molecular flexibility index (Phi) is 5.31. The van der Waals surface area contributed by atoms with Crippen molar-refractivity contribution < 1.29 is 0 Å². The second-order valence-electron chi connectivity index (χ2n) is 11.8. The predicted octanol–water partition coefficient (Wildman–Crippen LogP) is 9.68. The average molecular weight is 498 g/mol. The summed E-state index contributed by atoms with van der Waals surface area (Å²) in [6.07, 6.45) is 15.6. The van der Waals surface area contributed by atoms with Gasteiger partial charge in [0.25, 0.3) is 0 Å². The molecule has 0 amide bonds. The molecule has 2 aliphatic rings. The highest BCUT2D eigenvalue weighted by atomic mass is 15.2. The van der Waals surface area contributed by atoms with E-state index >= 15 is 0 Å². The predicted molar refractivity (Wildman–Crippen MR) is 159 cm³/mol. The number of nitrogens with zero attached hydrogens (tertiary/aromatic N) is 3. The van der Waals surface area contributed by atoms with Crippen LogP contribution in [-0.2, 0) is 0 Å². The molecule has 0 bridgehead atoms. The molecule has 0 N–H and O–H groups in total. The van der Waals surface area contributed by atoms with Gasteiger partial charge in [0.05, 0.1) is 34.0 Å². The Balaban J connectivity index is 1.37. The molecule has 3 nitrogen and oxygen atoms in total. The molecule has 2 saturated carbocycles. The normalized spacial score (nSPS) is 17.8. The first-order valence-electron chi connectivity index (χ1n) is 14.8.